The van der Waals surface area contributed by atoms with E-state index in [2.05, 4.69) is 6.92 Å². The van der Waals surface area contributed by atoms with Crippen LogP contribution in [-0.4, -0.2) is 19.0 Å². The highest BCUT2D eigenvalue weighted by Crippen LogP contribution is 2.29. The van der Waals surface area contributed by atoms with Gasteiger partial charge in [0.1, 0.15) is 0 Å². The topological polar surface area (TPSA) is 35.5 Å². The normalized spacial score (nSPS) is 10.4. The minimum Gasteiger partial charge on any atom is -0.490 e. The largest absolute Gasteiger partial charge is 0.490 e. The lowest BCUT2D eigenvalue weighted by Crippen LogP contribution is -2.03. The van der Waals surface area contributed by atoms with Crippen molar-refractivity contribution >= 4 is 5.78 Å². The summed E-state index contributed by atoms with van der Waals surface area (Å²) >= 11 is 0. The molecule has 24 heavy (non-hydrogen) atoms. The zero-order chi connectivity index (χ0) is 17.2. The van der Waals surface area contributed by atoms with Crippen LogP contribution in [0.1, 0.15) is 49.0 Å². The van der Waals surface area contributed by atoms with Crippen molar-refractivity contribution in [1.82, 2.24) is 0 Å². The SMILES string of the molecule is CCCCOc1ccc(CCC(=O)c2ccccc2)cc1OCC. The summed E-state index contributed by atoms with van der Waals surface area (Å²) in [6.45, 7) is 5.39. The predicted molar refractivity (Wildman–Crippen MR) is 97.1 cm³/mol. The standard InChI is InChI=1S/C21H26O3/c1-3-5-15-24-20-14-12-17(16-21(20)23-4-2)11-13-19(22)18-9-7-6-8-10-18/h6-10,12,14,16H,3-5,11,13,15H2,1-2H3. The Bertz CT molecular complexity index is 635. The molecule has 0 heterocycles. The molecule has 0 atom stereocenters. The van der Waals surface area contributed by atoms with E-state index in [9.17, 15) is 4.79 Å². The molecule has 0 aliphatic carbocycles. The van der Waals surface area contributed by atoms with E-state index in [1.165, 1.54) is 0 Å². The van der Waals surface area contributed by atoms with Gasteiger partial charge in [0, 0.05) is 12.0 Å². The number of ketones is 1. The van der Waals surface area contributed by atoms with Crippen molar-refractivity contribution in [2.45, 2.75) is 39.5 Å². The Morgan fingerprint density at radius 2 is 1.75 bits per heavy atom. The molecule has 0 amide bonds. The maximum Gasteiger partial charge on any atom is 0.163 e. The minimum absolute atomic E-state index is 0.164. The number of aryl methyl sites for hydroxylation is 1. The number of hydrogen-bond acceptors (Lipinski definition) is 3. The molecule has 0 N–H and O–H groups in total. The minimum atomic E-state index is 0.164. The number of ether oxygens (including phenoxy) is 2. The maximum absolute atomic E-state index is 12.2. The van der Waals surface area contributed by atoms with Crippen LogP contribution < -0.4 is 9.47 Å². The highest BCUT2D eigenvalue weighted by atomic mass is 16.5. The van der Waals surface area contributed by atoms with E-state index in [4.69, 9.17) is 9.47 Å². The molecule has 0 aliphatic heterocycles. The second-order valence-electron chi connectivity index (χ2n) is 5.71. The number of benzene rings is 2. The van der Waals surface area contributed by atoms with Gasteiger partial charge in [0.15, 0.2) is 17.3 Å². The second-order valence-corrected chi connectivity index (χ2v) is 5.71. The predicted octanol–water partition coefficient (Wildman–Crippen LogP) is 5.08. The molecule has 0 bridgehead atoms. The van der Waals surface area contributed by atoms with Crippen molar-refractivity contribution in [2.24, 2.45) is 0 Å². The summed E-state index contributed by atoms with van der Waals surface area (Å²) in [6, 6.07) is 15.4. The van der Waals surface area contributed by atoms with E-state index < -0.39 is 0 Å². The Morgan fingerprint density at radius 1 is 0.958 bits per heavy atom. The molecule has 0 unspecified atom stereocenters. The van der Waals surface area contributed by atoms with Gasteiger partial charge in [0.25, 0.3) is 0 Å². The van der Waals surface area contributed by atoms with E-state index in [1.807, 2.05) is 55.5 Å². The van der Waals surface area contributed by atoms with Crippen LogP contribution in [-0.2, 0) is 6.42 Å². The number of unbranched alkanes of at least 4 members (excludes halogenated alkanes) is 1. The molecule has 2 aromatic rings. The molecule has 3 nitrogen and oxygen atoms in total. The average Bonchev–Trinajstić information content (AvgIpc) is 2.62. The number of hydrogen-bond donors (Lipinski definition) is 0. The van der Waals surface area contributed by atoms with Crippen molar-refractivity contribution in [1.29, 1.82) is 0 Å². The van der Waals surface area contributed by atoms with Crippen molar-refractivity contribution in [2.75, 3.05) is 13.2 Å². The molecule has 0 aliphatic rings. The lowest BCUT2D eigenvalue weighted by Gasteiger charge is -2.13. The van der Waals surface area contributed by atoms with Gasteiger partial charge in [-0.2, -0.15) is 0 Å². The summed E-state index contributed by atoms with van der Waals surface area (Å²) in [5.74, 6) is 1.71. The second kappa shape index (κ2) is 9.76. The third kappa shape index (κ3) is 5.41. The van der Waals surface area contributed by atoms with Crippen molar-refractivity contribution in [3.8, 4) is 11.5 Å². The summed E-state index contributed by atoms with van der Waals surface area (Å²) in [5, 5.41) is 0. The number of rotatable bonds is 10. The Morgan fingerprint density at radius 3 is 2.46 bits per heavy atom. The lowest BCUT2D eigenvalue weighted by atomic mass is 10.0. The van der Waals surface area contributed by atoms with Crippen molar-refractivity contribution in [3.63, 3.8) is 0 Å². The summed E-state index contributed by atoms with van der Waals surface area (Å²) in [6.07, 6.45) is 3.32. The number of Topliss-reactive ketones (excluding diaryl/α,β-unsaturated/α-hetero) is 1. The monoisotopic (exact) mass is 326 g/mol. The Kier molecular flexibility index (Phi) is 7.34. The third-order valence-corrected chi connectivity index (χ3v) is 3.80. The summed E-state index contributed by atoms with van der Waals surface area (Å²) < 4.78 is 11.5. The summed E-state index contributed by atoms with van der Waals surface area (Å²) in [5.41, 5.74) is 1.85. The van der Waals surface area contributed by atoms with Crippen LogP contribution in [0.3, 0.4) is 0 Å². The quantitative estimate of drug-likeness (QED) is 0.451. The first-order valence-corrected chi connectivity index (χ1v) is 8.71. The molecule has 0 saturated carbocycles. The van der Waals surface area contributed by atoms with Gasteiger partial charge in [0.2, 0.25) is 0 Å². The highest BCUT2D eigenvalue weighted by molar-refractivity contribution is 5.96. The van der Waals surface area contributed by atoms with Crippen LogP contribution in [0.2, 0.25) is 0 Å². The van der Waals surface area contributed by atoms with E-state index in [0.29, 0.717) is 26.1 Å². The molecular weight excluding hydrogens is 300 g/mol. The van der Waals surface area contributed by atoms with Gasteiger partial charge in [-0.3, -0.25) is 4.79 Å². The Balaban J connectivity index is 1.99. The average molecular weight is 326 g/mol. The fraction of sp³-hybridized carbons (Fsp3) is 0.381. The van der Waals surface area contributed by atoms with Crippen molar-refractivity contribution in [3.05, 3.63) is 59.7 Å². The molecular formula is C21H26O3. The van der Waals surface area contributed by atoms with E-state index in [1.54, 1.807) is 0 Å². The fourth-order valence-electron chi connectivity index (χ4n) is 2.45. The van der Waals surface area contributed by atoms with Gasteiger partial charge in [-0.25, -0.2) is 0 Å². The van der Waals surface area contributed by atoms with Gasteiger partial charge in [-0.15, -0.1) is 0 Å². The smallest absolute Gasteiger partial charge is 0.163 e. The zero-order valence-corrected chi connectivity index (χ0v) is 14.6. The van der Waals surface area contributed by atoms with Gasteiger partial charge in [-0.1, -0.05) is 49.7 Å². The van der Waals surface area contributed by atoms with Gasteiger partial charge < -0.3 is 9.47 Å². The molecule has 0 aromatic heterocycles. The van der Waals surface area contributed by atoms with Crippen LogP contribution in [0.5, 0.6) is 11.5 Å². The molecule has 3 heteroatoms. The third-order valence-electron chi connectivity index (χ3n) is 3.80. The first-order chi connectivity index (χ1) is 11.7. The fourth-order valence-corrected chi connectivity index (χ4v) is 2.45. The molecule has 0 fully saturated rings. The number of carbonyl (C=O) groups is 1. The maximum atomic E-state index is 12.2. The molecule has 0 saturated heterocycles. The first-order valence-electron chi connectivity index (χ1n) is 8.71. The van der Waals surface area contributed by atoms with Crippen LogP contribution in [0, 0.1) is 0 Å². The lowest BCUT2D eigenvalue weighted by molar-refractivity contribution is 0.0983. The summed E-state index contributed by atoms with van der Waals surface area (Å²) in [4.78, 5) is 12.2. The molecule has 128 valence electrons. The highest BCUT2D eigenvalue weighted by Gasteiger charge is 2.09. The Labute approximate surface area is 144 Å². The van der Waals surface area contributed by atoms with Gasteiger partial charge in [-0.05, 0) is 37.5 Å². The first kappa shape index (κ1) is 18.1. The van der Waals surface area contributed by atoms with E-state index >= 15 is 0 Å². The van der Waals surface area contributed by atoms with Crippen LogP contribution in [0.4, 0.5) is 0 Å². The van der Waals surface area contributed by atoms with Crippen LogP contribution in [0.25, 0.3) is 0 Å². The summed E-state index contributed by atoms with van der Waals surface area (Å²) in [7, 11) is 0. The van der Waals surface area contributed by atoms with Crippen molar-refractivity contribution < 1.29 is 14.3 Å². The molecule has 0 spiro atoms. The van der Waals surface area contributed by atoms with Crippen LogP contribution in [0.15, 0.2) is 48.5 Å². The Hall–Kier alpha value is -2.29. The van der Waals surface area contributed by atoms with E-state index in [0.717, 1.165) is 35.5 Å². The van der Waals surface area contributed by atoms with E-state index in [-0.39, 0.29) is 5.78 Å². The van der Waals surface area contributed by atoms with Crippen LogP contribution >= 0.6 is 0 Å². The molecule has 2 rings (SSSR count). The number of carbonyl (C=O) groups excluding carboxylic acids is 1. The zero-order valence-electron chi connectivity index (χ0n) is 14.6. The molecule has 0 radical (unpaired) electrons. The molecule has 2 aromatic carbocycles. The van der Waals surface area contributed by atoms with Gasteiger partial charge >= 0.3 is 0 Å². The van der Waals surface area contributed by atoms with Gasteiger partial charge in [0.05, 0.1) is 13.2 Å².